The van der Waals surface area contributed by atoms with Crippen LogP contribution in [0.3, 0.4) is 0 Å². The van der Waals surface area contributed by atoms with Gasteiger partial charge in [0, 0.05) is 0 Å². The number of hydrogen-bond acceptors (Lipinski definition) is 3. The molecular formula is C16H32O3. The number of hydrogen-bond donors (Lipinski definition) is 1. The highest BCUT2D eigenvalue weighted by atomic mass is 16.7. The number of rotatable bonds is 12. The van der Waals surface area contributed by atoms with E-state index in [-0.39, 0.29) is 19.0 Å². The van der Waals surface area contributed by atoms with Gasteiger partial charge in [0.15, 0.2) is 6.29 Å². The minimum Gasteiger partial charge on any atom is -0.394 e. The van der Waals surface area contributed by atoms with Crippen LogP contribution in [0.25, 0.3) is 0 Å². The van der Waals surface area contributed by atoms with Gasteiger partial charge in [0.2, 0.25) is 0 Å². The monoisotopic (exact) mass is 272 g/mol. The Kier molecular flexibility index (Phi) is 10.4. The molecule has 1 fully saturated rings. The molecule has 1 rings (SSSR count). The van der Waals surface area contributed by atoms with E-state index in [4.69, 9.17) is 14.6 Å². The zero-order valence-electron chi connectivity index (χ0n) is 12.6. The molecule has 0 aliphatic carbocycles. The summed E-state index contributed by atoms with van der Waals surface area (Å²) in [4.78, 5) is 0. The quantitative estimate of drug-likeness (QED) is 0.545. The van der Waals surface area contributed by atoms with Crippen molar-refractivity contribution in [2.45, 2.75) is 89.9 Å². The Morgan fingerprint density at radius 2 is 1.47 bits per heavy atom. The fourth-order valence-corrected chi connectivity index (χ4v) is 2.55. The number of ether oxygens (including phenoxy) is 2. The fourth-order valence-electron chi connectivity index (χ4n) is 2.55. The lowest BCUT2D eigenvalue weighted by molar-refractivity contribution is -0.0701. The highest BCUT2D eigenvalue weighted by Crippen LogP contribution is 2.18. The molecule has 3 heteroatoms. The molecule has 0 spiro atoms. The van der Waals surface area contributed by atoms with E-state index in [1.807, 2.05) is 0 Å². The van der Waals surface area contributed by atoms with E-state index >= 15 is 0 Å². The molecule has 1 aliphatic rings. The zero-order valence-corrected chi connectivity index (χ0v) is 12.6. The Morgan fingerprint density at radius 1 is 0.895 bits per heavy atom. The van der Waals surface area contributed by atoms with Crippen LogP contribution in [0.2, 0.25) is 0 Å². The molecule has 2 unspecified atom stereocenters. The van der Waals surface area contributed by atoms with Crippen LogP contribution >= 0.6 is 0 Å². The second-order valence-electron chi connectivity index (χ2n) is 5.67. The lowest BCUT2D eigenvalue weighted by Gasteiger charge is -2.09. The third-order valence-corrected chi connectivity index (χ3v) is 3.81. The largest absolute Gasteiger partial charge is 0.394 e. The van der Waals surface area contributed by atoms with Crippen molar-refractivity contribution in [1.82, 2.24) is 0 Å². The number of unbranched alkanes of at least 4 members (excludes halogenated alkanes) is 9. The van der Waals surface area contributed by atoms with E-state index in [9.17, 15) is 0 Å². The van der Waals surface area contributed by atoms with Crippen LogP contribution in [0.4, 0.5) is 0 Å². The minimum atomic E-state index is -0.0897. The summed E-state index contributed by atoms with van der Waals surface area (Å²) < 4.78 is 11.0. The van der Waals surface area contributed by atoms with Gasteiger partial charge < -0.3 is 14.6 Å². The summed E-state index contributed by atoms with van der Waals surface area (Å²) >= 11 is 0. The molecule has 1 heterocycles. The molecule has 3 nitrogen and oxygen atoms in total. The highest BCUT2D eigenvalue weighted by molar-refractivity contribution is 4.63. The Bertz CT molecular complexity index is 196. The van der Waals surface area contributed by atoms with E-state index < -0.39 is 0 Å². The molecule has 19 heavy (non-hydrogen) atoms. The number of aliphatic hydroxyl groups is 1. The first-order chi connectivity index (χ1) is 9.36. The summed E-state index contributed by atoms with van der Waals surface area (Å²) in [6, 6.07) is 0. The van der Waals surface area contributed by atoms with Gasteiger partial charge in [0.25, 0.3) is 0 Å². The zero-order chi connectivity index (χ0) is 13.8. The fraction of sp³-hybridized carbons (Fsp3) is 1.00. The third-order valence-electron chi connectivity index (χ3n) is 3.81. The molecule has 0 radical (unpaired) electrons. The molecular weight excluding hydrogens is 240 g/mol. The molecule has 1 N–H and O–H groups in total. The summed E-state index contributed by atoms with van der Waals surface area (Å²) in [7, 11) is 0. The van der Waals surface area contributed by atoms with Crippen molar-refractivity contribution in [3.63, 3.8) is 0 Å². The maximum Gasteiger partial charge on any atom is 0.158 e. The van der Waals surface area contributed by atoms with Gasteiger partial charge >= 0.3 is 0 Å². The van der Waals surface area contributed by atoms with Crippen LogP contribution < -0.4 is 0 Å². The second-order valence-corrected chi connectivity index (χ2v) is 5.67. The molecule has 0 amide bonds. The van der Waals surface area contributed by atoms with Gasteiger partial charge in [-0.25, -0.2) is 0 Å². The average Bonchev–Trinajstić information content (AvgIpc) is 2.89. The third kappa shape index (κ3) is 8.61. The van der Waals surface area contributed by atoms with Gasteiger partial charge in [-0.05, 0) is 12.8 Å². The van der Waals surface area contributed by atoms with Crippen molar-refractivity contribution in [2.24, 2.45) is 0 Å². The smallest absolute Gasteiger partial charge is 0.158 e. The van der Waals surface area contributed by atoms with E-state index in [1.54, 1.807) is 0 Å². The van der Waals surface area contributed by atoms with Gasteiger partial charge in [0.1, 0.15) is 6.10 Å². The topological polar surface area (TPSA) is 38.7 Å². The Hall–Kier alpha value is -0.120. The summed E-state index contributed by atoms with van der Waals surface area (Å²) in [6.45, 7) is 2.90. The van der Waals surface area contributed by atoms with E-state index in [0.717, 1.165) is 6.42 Å². The van der Waals surface area contributed by atoms with Gasteiger partial charge in [0.05, 0.1) is 13.2 Å². The van der Waals surface area contributed by atoms with Crippen LogP contribution in [0.5, 0.6) is 0 Å². The standard InChI is InChI=1S/C16H32O3/c1-2-3-4-5-6-7-8-9-10-11-12-16-18-14-15(13-17)19-16/h15-17H,2-14H2,1H3. The van der Waals surface area contributed by atoms with Crippen molar-refractivity contribution in [1.29, 1.82) is 0 Å². The summed E-state index contributed by atoms with van der Waals surface area (Å²) in [5.41, 5.74) is 0. The minimum absolute atomic E-state index is 0.0637. The van der Waals surface area contributed by atoms with Gasteiger partial charge in [-0.15, -0.1) is 0 Å². The second kappa shape index (κ2) is 11.7. The predicted octanol–water partition coefficient (Wildman–Crippen LogP) is 4.03. The van der Waals surface area contributed by atoms with Crippen LogP contribution in [0.15, 0.2) is 0 Å². The van der Waals surface area contributed by atoms with Crippen molar-refractivity contribution in [3.05, 3.63) is 0 Å². The van der Waals surface area contributed by atoms with Gasteiger partial charge in [-0.1, -0.05) is 64.7 Å². The van der Waals surface area contributed by atoms with Crippen molar-refractivity contribution >= 4 is 0 Å². The molecule has 1 saturated heterocycles. The summed E-state index contributed by atoms with van der Waals surface area (Å²) in [6.07, 6.45) is 14.4. The van der Waals surface area contributed by atoms with Crippen molar-refractivity contribution < 1.29 is 14.6 Å². The first-order valence-electron chi connectivity index (χ1n) is 8.24. The first-order valence-corrected chi connectivity index (χ1v) is 8.24. The lowest BCUT2D eigenvalue weighted by Crippen LogP contribution is -2.16. The molecule has 114 valence electrons. The normalized spacial score (nSPS) is 23.1. The highest BCUT2D eigenvalue weighted by Gasteiger charge is 2.24. The molecule has 0 aromatic rings. The van der Waals surface area contributed by atoms with Crippen molar-refractivity contribution in [3.8, 4) is 0 Å². The van der Waals surface area contributed by atoms with E-state index in [2.05, 4.69) is 6.92 Å². The van der Waals surface area contributed by atoms with E-state index in [1.165, 1.54) is 64.2 Å². The summed E-state index contributed by atoms with van der Waals surface area (Å²) in [5, 5.41) is 8.92. The predicted molar refractivity (Wildman–Crippen MR) is 78.2 cm³/mol. The maximum atomic E-state index is 8.92. The van der Waals surface area contributed by atoms with Gasteiger partial charge in [-0.3, -0.25) is 0 Å². The molecule has 0 aromatic carbocycles. The summed E-state index contributed by atoms with van der Waals surface area (Å²) in [5.74, 6) is 0. The van der Waals surface area contributed by atoms with E-state index in [0.29, 0.717) is 6.61 Å². The molecule has 0 saturated carbocycles. The first kappa shape index (κ1) is 16.9. The Labute approximate surface area is 118 Å². The molecule has 1 aliphatic heterocycles. The molecule has 2 atom stereocenters. The van der Waals surface area contributed by atoms with Crippen molar-refractivity contribution in [2.75, 3.05) is 13.2 Å². The average molecular weight is 272 g/mol. The SMILES string of the molecule is CCCCCCCCCCCCC1OCC(CO)O1. The van der Waals surface area contributed by atoms with Crippen LogP contribution in [0, 0.1) is 0 Å². The van der Waals surface area contributed by atoms with Gasteiger partial charge in [-0.2, -0.15) is 0 Å². The van der Waals surface area contributed by atoms with Crippen LogP contribution in [-0.4, -0.2) is 30.7 Å². The Balaban J connectivity index is 1.77. The van der Waals surface area contributed by atoms with Crippen LogP contribution in [0.1, 0.15) is 77.6 Å². The molecule has 0 bridgehead atoms. The lowest BCUT2D eigenvalue weighted by atomic mass is 10.1. The van der Waals surface area contributed by atoms with Crippen LogP contribution in [-0.2, 0) is 9.47 Å². The number of aliphatic hydroxyl groups excluding tert-OH is 1. The Morgan fingerprint density at radius 3 is 2.00 bits per heavy atom. The molecule has 0 aromatic heterocycles. The maximum absolute atomic E-state index is 8.92.